The molecule has 0 bridgehead atoms. The molecule has 4 heteroatoms. The van der Waals surface area contributed by atoms with Gasteiger partial charge in [-0.1, -0.05) is 30.3 Å². The number of carbonyl (C=O) groups excluding carboxylic acids is 1. The SMILES string of the molecule is O=C(OCc1ccccc1)N1CCn2cccc2C1. The van der Waals surface area contributed by atoms with Crippen molar-refractivity contribution in [2.24, 2.45) is 0 Å². The number of benzene rings is 1. The Morgan fingerprint density at radius 3 is 2.79 bits per heavy atom. The van der Waals surface area contributed by atoms with E-state index < -0.39 is 0 Å². The highest BCUT2D eigenvalue weighted by Gasteiger charge is 2.21. The Morgan fingerprint density at radius 1 is 1.11 bits per heavy atom. The highest BCUT2D eigenvalue weighted by atomic mass is 16.6. The third-order valence-corrected chi connectivity index (χ3v) is 3.35. The molecule has 1 aliphatic heterocycles. The van der Waals surface area contributed by atoms with Gasteiger partial charge in [-0.2, -0.15) is 0 Å². The van der Waals surface area contributed by atoms with Crippen LogP contribution in [0.4, 0.5) is 4.79 Å². The number of carbonyl (C=O) groups is 1. The van der Waals surface area contributed by atoms with Gasteiger partial charge in [0, 0.05) is 25.0 Å². The molecular formula is C15H16N2O2. The lowest BCUT2D eigenvalue weighted by atomic mass is 10.2. The van der Waals surface area contributed by atoms with Gasteiger partial charge >= 0.3 is 6.09 Å². The summed E-state index contributed by atoms with van der Waals surface area (Å²) in [6, 6.07) is 13.8. The van der Waals surface area contributed by atoms with Crippen LogP contribution in [0.2, 0.25) is 0 Å². The Kier molecular flexibility index (Phi) is 3.23. The molecule has 0 spiro atoms. The topological polar surface area (TPSA) is 34.5 Å². The van der Waals surface area contributed by atoms with E-state index in [4.69, 9.17) is 4.74 Å². The van der Waals surface area contributed by atoms with Crippen molar-refractivity contribution in [1.29, 1.82) is 0 Å². The van der Waals surface area contributed by atoms with Crippen LogP contribution in [0.5, 0.6) is 0 Å². The zero-order valence-electron chi connectivity index (χ0n) is 10.7. The summed E-state index contributed by atoms with van der Waals surface area (Å²) in [6.45, 7) is 2.50. The standard InChI is InChI=1S/C15H16N2O2/c18-15(19-12-13-5-2-1-3-6-13)17-10-9-16-8-4-7-14(16)11-17/h1-8H,9-12H2. The van der Waals surface area contributed by atoms with Gasteiger partial charge in [-0.05, 0) is 17.7 Å². The predicted molar refractivity (Wildman–Crippen MR) is 71.5 cm³/mol. The first kappa shape index (κ1) is 11.8. The molecule has 0 saturated heterocycles. The number of amides is 1. The first-order valence-corrected chi connectivity index (χ1v) is 6.42. The van der Waals surface area contributed by atoms with E-state index in [2.05, 4.69) is 4.57 Å². The van der Waals surface area contributed by atoms with Gasteiger partial charge in [0.25, 0.3) is 0 Å². The summed E-state index contributed by atoms with van der Waals surface area (Å²) in [5, 5.41) is 0. The minimum Gasteiger partial charge on any atom is -0.445 e. The minimum absolute atomic E-state index is 0.240. The fraction of sp³-hybridized carbons (Fsp3) is 0.267. The molecule has 1 aromatic heterocycles. The molecule has 0 unspecified atom stereocenters. The van der Waals surface area contributed by atoms with Gasteiger partial charge in [0.2, 0.25) is 0 Å². The Bertz CT molecular complexity index is 563. The molecule has 0 fully saturated rings. The number of aromatic nitrogens is 1. The van der Waals surface area contributed by atoms with Crippen molar-refractivity contribution in [1.82, 2.24) is 9.47 Å². The second-order valence-corrected chi connectivity index (χ2v) is 4.65. The number of rotatable bonds is 2. The van der Waals surface area contributed by atoms with Gasteiger partial charge in [-0.3, -0.25) is 0 Å². The molecule has 0 radical (unpaired) electrons. The van der Waals surface area contributed by atoms with E-state index in [0.717, 1.165) is 17.8 Å². The summed E-state index contributed by atoms with van der Waals surface area (Å²) in [5.41, 5.74) is 2.17. The smallest absolute Gasteiger partial charge is 0.410 e. The van der Waals surface area contributed by atoms with Crippen LogP contribution in [-0.4, -0.2) is 22.1 Å². The first-order chi connectivity index (χ1) is 9.33. The van der Waals surface area contributed by atoms with Gasteiger partial charge in [0.1, 0.15) is 6.61 Å². The van der Waals surface area contributed by atoms with Gasteiger partial charge in [0.05, 0.1) is 6.54 Å². The van der Waals surface area contributed by atoms with Crippen molar-refractivity contribution in [3.05, 3.63) is 59.9 Å². The predicted octanol–water partition coefficient (Wildman–Crippen LogP) is 2.64. The molecule has 2 heterocycles. The summed E-state index contributed by atoms with van der Waals surface area (Å²) in [6.07, 6.45) is 1.80. The highest BCUT2D eigenvalue weighted by Crippen LogP contribution is 2.14. The maximum Gasteiger partial charge on any atom is 0.410 e. The maximum absolute atomic E-state index is 12.0. The average Bonchev–Trinajstić information content (AvgIpc) is 2.93. The lowest BCUT2D eigenvalue weighted by Crippen LogP contribution is -2.38. The summed E-state index contributed by atoms with van der Waals surface area (Å²) in [5.74, 6) is 0. The molecule has 19 heavy (non-hydrogen) atoms. The summed E-state index contributed by atoms with van der Waals surface area (Å²) in [4.78, 5) is 13.7. The molecule has 0 saturated carbocycles. The van der Waals surface area contributed by atoms with E-state index in [1.807, 2.05) is 48.7 Å². The molecule has 0 atom stereocenters. The van der Waals surface area contributed by atoms with Crippen molar-refractivity contribution in [3.63, 3.8) is 0 Å². The third-order valence-electron chi connectivity index (χ3n) is 3.35. The molecule has 3 rings (SSSR count). The lowest BCUT2D eigenvalue weighted by molar-refractivity contribution is 0.0869. The fourth-order valence-corrected chi connectivity index (χ4v) is 2.28. The van der Waals surface area contributed by atoms with E-state index in [1.165, 1.54) is 0 Å². The van der Waals surface area contributed by atoms with Gasteiger partial charge < -0.3 is 14.2 Å². The summed E-state index contributed by atoms with van der Waals surface area (Å²) >= 11 is 0. The Balaban J connectivity index is 1.57. The van der Waals surface area contributed by atoms with E-state index in [-0.39, 0.29) is 6.09 Å². The van der Waals surface area contributed by atoms with Crippen LogP contribution in [0.3, 0.4) is 0 Å². The largest absolute Gasteiger partial charge is 0.445 e. The quantitative estimate of drug-likeness (QED) is 0.827. The van der Waals surface area contributed by atoms with E-state index in [0.29, 0.717) is 19.7 Å². The van der Waals surface area contributed by atoms with Gasteiger partial charge in [-0.15, -0.1) is 0 Å². The second kappa shape index (κ2) is 5.18. The number of hydrogen-bond acceptors (Lipinski definition) is 2. The molecule has 98 valence electrons. The average molecular weight is 256 g/mol. The monoisotopic (exact) mass is 256 g/mol. The zero-order chi connectivity index (χ0) is 13.1. The zero-order valence-corrected chi connectivity index (χ0v) is 10.7. The lowest BCUT2D eigenvalue weighted by Gasteiger charge is -2.27. The van der Waals surface area contributed by atoms with E-state index in [1.54, 1.807) is 4.90 Å². The van der Waals surface area contributed by atoms with Crippen LogP contribution in [0.1, 0.15) is 11.3 Å². The molecule has 1 aromatic carbocycles. The van der Waals surface area contributed by atoms with Crippen LogP contribution in [0, 0.1) is 0 Å². The molecule has 1 aliphatic rings. The highest BCUT2D eigenvalue weighted by molar-refractivity contribution is 5.67. The summed E-state index contributed by atoms with van der Waals surface area (Å²) < 4.78 is 7.50. The van der Waals surface area contributed by atoms with Crippen LogP contribution in [0.15, 0.2) is 48.7 Å². The number of ether oxygens (including phenoxy) is 1. The van der Waals surface area contributed by atoms with Crippen LogP contribution < -0.4 is 0 Å². The third kappa shape index (κ3) is 2.62. The van der Waals surface area contributed by atoms with Gasteiger partial charge in [-0.25, -0.2) is 4.79 Å². The molecular weight excluding hydrogens is 240 g/mol. The second-order valence-electron chi connectivity index (χ2n) is 4.65. The molecule has 1 amide bonds. The molecule has 4 nitrogen and oxygen atoms in total. The summed E-state index contributed by atoms with van der Waals surface area (Å²) in [7, 11) is 0. The Hall–Kier alpha value is -2.23. The van der Waals surface area contributed by atoms with Crippen molar-refractivity contribution in [2.45, 2.75) is 19.7 Å². The Labute approximate surface area is 112 Å². The van der Waals surface area contributed by atoms with E-state index >= 15 is 0 Å². The van der Waals surface area contributed by atoms with Crippen molar-refractivity contribution in [2.75, 3.05) is 6.54 Å². The number of hydrogen-bond donors (Lipinski definition) is 0. The van der Waals surface area contributed by atoms with Crippen molar-refractivity contribution in [3.8, 4) is 0 Å². The molecule has 0 N–H and O–H groups in total. The van der Waals surface area contributed by atoms with Crippen molar-refractivity contribution < 1.29 is 9.53 Å². The fourth-order valence-electron chi connectivity index (χ4n) is 2.28. The molecule has 0 aliphatic carbocycles. The Morgan fingerprint density at radius 2 is 1.95 bits per heavy atom. The molecule has 2 aromatic rings. The van der Waals surface area contributed by atoms with Gasteiger partial charge in [0.15, 0.2) is 0 Å². The maximum atomic E-state index is 12.0. The number of fused-ring (bicyclic) bond motifs is 1. The van der Waals surface area contributed by atoms with Crippen LogP contribution in [0.25, 0.3) is 0 Å². The first-order valence-electron chi connectivity index (χ1n) is 6.42. The normalized spacial score (nSPS) is 14.0. The minimum atomic E-state index is -0.240. The van der Waals surface area contributed by atoms with Crippen molar-refractivity contribution >= 4 is 6.09 Å². The van der Waals surface area contributed by atoms with E-state index in [9.17, 15) is 4.79 Å². The van der Waals surface area contributed by atoms with Crippen LogP contribution in [-0.2, 0) is 24.4 Å². The van der Waals surface area contributed by atoms with Crippen LogP contribution >= 0.6 is 0 Å². The number of nitrogens with zero attached hydrogens (tertiary/aromatic N) is 2.